The van der Waals surface area contributed by atoms with Crippen LogP contribution in [0.2, 0.25) is 0 Å². The zero-order valence-corrected chi connectivity index (χ0v) is 14.8. The van der Waals surface area contributed by atoms with Crippen molar-refractivity contribution in [2.75, 3.05) is 13.1 Å². The van der Waals surface area contributed by atoms with Crippen LogP contribution in [0.4, 0.5) is 0 Å². The number of nitrogens with zero attached hydrogens (tertiary/aromatic N) is 1. The van der Waals surface area contributed by atoms with Gasteiger partial charge in [0.05, 0.1) is 0 Å². The largest absolute Gasteiger partial charge is 0.338 e. The molecule has 0 radical (unpaired) electrons. The lowest BCUT2D eigenvalue weighted by molar-refractivity contribution is 0.0690. The van der Waals surface area contributed by atoms with Gasteiger partial charge in [-0.05, 0) is 30.5 Å². The van der Waals surface area contributed by atoms with Crippen LogP contribution >= 0.6 is 47.8 Å². The minimum Gasteiger partial charge on any atom is -0.338 e. The predicted molar refractivity (Wildman–Crippen MR) is 84.2 cm³/mol. The van der Waals surface area contributed by atoms with Crippen LogP contribution in [0.15, 0.2) is 27.1 Å². The van der Waals surface area contributed by atoms with Gasteiger partial charge in [0.2, 0.25) is 0 Å². The normalized spacial score (nSPS) is 24.1. The molecule has 5 heteroatoms. The van der Waals surface area contributed by atoms with Gasteiger partial charge in [-0.3, -0.25) is 4.79 Å². The van der Waals surface area contributed by atoms with E-state index in [1.165, 1.54) is 0 Å². The average molecular weight is 440 g/mol. The Labute approximate surface area is 133 Å². The maximum absolute atomic E-state index is 12.4. The average Bonchev–Trinajstić information content (AvgIpc) is 2.30. The number of benzene rings is 1. The summed E-state index contributed by atoms with van der Waals surface area (Å²) >= 11 is 10.5. The van der Waals surface area contributed by atoms with Crippen molar-refractivity contribution in [3.8, 4) is 0 Å². The van der Waals surface area contributed by atoms with Crippen molar-refractivity contribution in [2.24, 2.45) is 5.92 Å². The highest BCUT2D eigenvalue weighted by atomic mass is 79.9. The summed E-state index contributed by atoms with van der Waals surface area (Å²) in [7, 11) is 0. The summed E-state index contributed by atoms with van der Waals surface area (Å²) in [5, 5.41) is 0. The number of carbonyl (C=O) groups excluding carboxylic acids is 1. The fourth-order valence-corrected chi connectivity index (χ4v) is 3.83. The first-order valence-electron chi connectivity index (χ1n) is 5.87. The number of carbonyl (C=O) groups is 1. The molecule has 2 unspecified atom stereocenters. The standard InChI is InChI=1S/C13H14Br3NO/c1-8-7-17(3-2-12(8)16)13(18)9-4-10(14)6-11(15)5-9/h4-6,8,12H,2-3,7H2,1H3. The predicted octanol–water partition coefficient (Wildman–Crippen LogP) is 4.46. The minimum absolute atomic E-state index is 0.114. The third kappa shape index (κ3) is 3.36. The van der Waals surface area contributed by atoms with E-state index >= 15 is 0 Å². The summed E-state index contributed by atoms with van der Waals surface area (Å²) in [4.78, 5) is 14.9. The maximum atomic E-state index is 12.4. The molecule has 0 saturated carbocycles. The Morgan fingerprint density at radius 2 is 1.89 bits per heavy atom. The van der Waals surface area contributed by atoms with Gasteiger partial charge >= 0.3 is 0 Å². The number of amides is 1. The molecule has 1 aliphatic rings. The number of hydrogen-bond donors (Lipinski definition) is 0. The molecule has 0 N–H and O–H groups in total. The first-order valence-corrected chi connectivity index (χ1v) is 8.37. The van der Waals surface area contributed by atoms with Gasteiger partial charge in [-0.1, -0.05) is 54.7 Å². The number of alkyl halides is 1. The van der Waals surface area contributed by atoms with Crippen molar-refractivity contribution in [2.45, 2.75) is 18.2 Å². The Morgan fingerprint density at radius 3 is 2.44 bits per heavy atom. The van der Waals surface area contributed by atoms with Crippen LogP contribution in [0.5, 0.6) is 0 Å². The third-order valence-corrected chi connectivity index (χ3v) is 5.47. The van der Waals surface area contributed by atoms with Crippen LogP contribution in [0.1, 0.15) is 23.7 Å². The topological polar surface area (TPSA) is 20.3 Å². The maximum Gasteiger partial charge on any atom is 0.253 e. The molecule has 1 saturated heterocycles. The van der Waals surface area contributed by atoms with E-state index in [0.29, 0.717) is 10.7 Å². The van der Waals surface area contributed by atoms with E-state index in [4.69, 9.17) is 0 Å². The molecule has 0 bridgehead atoms. The fourth-order valence-electron chi connectivity index (χ4n) is 2.16. The van der Waals surface area contributed by atoms with Gasteiger partial charge in [-0.25, -0.2) is 0 Å². The molecule has 18 heavy (non-hydrogen) atoms. The molecule has 1 fully saturated rings. The second-order valence-electron chi connectivity index (χ2n) is 4.69. The molecular weight excluding hydrogens is 426 g/mol. The van der Waals surface area contributed by atoms with Crippen molar-refractivity contribution in [3.63, 3.8) is 0 Å². The van der Waals surface area contributed by atoms with Crippen LogP contribution in [0.3, 0.4) is 0 Å². The molecule has 2 rings (SSSR count). The lowest BCUT2D eigenvalue weighted by Gasteiger charge is -2.34. The Kier molecular flexibility index (Phi) is 4.89. The zero-order valence-electron chi connectivity index (χ0n) is 10.00. The first kappa shape index (κ1) is 14.5. The first-order chi connectivity index (χ1) is 8.47. The zero-order chi connectivity index (χ0) is 13.3. The summed E-state index contributed by atoms with van der Waals surface area (Å²) in [6.07, 6.45) is 1.02. The SMILES string of the molecule is CC1CN(C(=O)c2cc(Br)cc(Br)c2)CCC1Br. The monoisotopic (exact) mass is 437 g/mol. The van der Waals surface area contributed by atoms with Crippen molar-refractivity contribution in [1.29, 1.82) is 0 Å². The highest BCUT2D eigenvalue weighted by molar-refractivity contribution is 9.11. The second kappa shape index (κ2) is 6.06. The molecule has 1 amide bonds. The van der Waals surface area contributed by atoms with Gasteiger partial charge in [0.25, 0.3) is 5.91 Å². The van der Waals surface area contributed by atoms with Crippen molar-refractivity contribution in [3.05, 3.63) is 32.7 Å². The Morgan fingerprint density at radius 1 is 1.28 bits per heavy atom. The Hall–Kier alpha value is 0.130. The third-order valence-electron chi connectivity index (χ3n) is 3.20. The van der Waals surface area contributed by atoms with Gasteiger partial charge in [-0.15, -0.1) is 0 Å². The van der Waals surface area contributed by atoms with Gasteiger partial charge < -0.3 is 4.90 Å². The summed E-state index contributed by atoms with van der Waals surface area (Å²) in [5.41, 5.74) is 0.733. The van der Waals surface area contributed by atoms with Crippen molar-refractivity contribution >= 4 is 53.7 Å². The molecular formula is C13H14Br3NO. The number of hydrogen-bond acceptors (Lipinski definition) is 1. The lowest BCUT2D eigenvalue weighted by Crippen LogP contribution is -2.43. The van der Waals surface area contributed by atoms with Crippen LogP contribution in [0.25, 0.3) is 0 Å². The van der Waals surface area contributed by atoms with E-state index in [1.54, 1.807) is 0 Å². The van der Waals surface area contributed by atoms with Crippen LogP contribution in [-0.2, 0) is 0 Å². The molecule has 0 aliphatic carbocycles. The van der Waals surface area contributed by atoms with E-state index in [0.717, 1.165) is 34.0 Å². The van der Waals surface area contributed by atoms with Crippen LogP contribution in [0, 0.1) is 5.92 Å². The molecule has 0 aromatic heterocycles. The summed E-state index contributed by atoms with van der Waals surface area (Å²) < 4.78 is 1.84. The fraction of sp³-hybridized carbons (Fsp3) is 0.462. The molecule has 1 aromatic rings. The number of rotatable bonds is 1. The van der Waals surface area contributed by atoms with Gasteiger partial charge in [0.15, 0.2) is 0 Å². The second-order valence-corrected chi connectivity index (χ2v) is 7.70. The van der Waals surface area contributed by atoms with Crippen LogP contribution in [-0.4, -0.2) is 28.7 Å². The van der Waals surface area contributed by atoms with Gasteiger partial charge in [0.1, 0.15) is 0 Å². The summed E-state index contributed by atoms with van der Waals surface area (Å²) in [5.74, 6) is 0.613. The van der Waals surface area contributed by atoms with Crippen molar-refractivity contribution < 1.29 is 4.79 Å². The number of likely N-dealkylation sites (tertiary alicyclic amines) is 1. The Balaban J connectivity index is 2.16. The highest BCUT2D eigenvalue weighted by Crippen LogP contribution is 2.26. The van der Waals surface area contributed by atoms with E-state index in [2.05, 4.69) is 54.7 Å². The molecule has 1 aromatic carbocycles. The molecule has 1 aliphatic heterocycles. The molecule has 0 spiro atoms. The number of halogens is 3. The van der Waals surface area contributed by atoms with Crippen molar-refractivity contribution in [1.82, 2.24) is 4.90 Å². The van der Waals surface area contributed by atoms with E-state index < -0.39 is 0 Å². The summed E-state index contributed by atoms with van der Waals surface area (Å²) in [6, 6.07) is 5.68. The van der Waals surface area contributed by atoms with E-state index in [1.807, 2.05) is 23.1 Å². The van der Waals surface area contributed by atoms with Gasteiger partial charge in [0, 0.05) is 32.4 Å². The van der Waals surface area contributed by atoms with Gasteiger partial charge in [-0.2, -0.15) is 0 Å². The smallest absolute Gasteiger partial charge is 0.253 e. The molecule has 2 nitrogen and oxygen atoms in total. The quantitative estimate of drug-likeness (QED) is 0.592. The van der Waals surface area contributed by atoms with Crippen LogP contribution < -0.4 is 0 Å². The Bertz CT molecular complexity index is 443. The highest BCUT2D eigenvalue weighted by Gasteiger charge is 2.27. The lowest BCUT2D eigenvalue weighted by atomic mass is 9.99. The summed E-state index contributed by atoms with van der Waals surface area (Å²) in [6.45, 7) is 3.82. The molecule has 2 atom stereocenters. The van der Waals surface area contributed by atoms with E-state index in [9.17, 15) is 4.79 Å². The molecule has 98 valence electrons. The molecule has 1 heterocycles. The van der Waals surface area contributed by atoms with E-state index in [-0.39, 0.29) is 5.91 Å². The number of piperidine rings is 1. The minimum atomic E-state index is 0.114.